The van der Waals surface area contributed by atoms with Crippen LogP contribution in [0.15, 0.2) is 0 Å². The van der Waals surface area contributed by atoms with Gasteiger partial charge in [-0.3, -0.25) is 10.2 Å². The largest absolute Gasteiger partial charge is 0.377 e. The number of nitrogens with one attached hydrogen (secondary N) is 2. The first-order valence-electron chi connectivity index (χ1n) is 5.50. The monoisotopic (exact) mass is 215 g/mol. The summed E-state index contributed by atoms with van der Waals surface area (Å²) in [5, 5.41) is 3.19. The van der Waals surface area contributed by atoms with Gasteiger partial charge < -0.3 is 10.1 Å². The molecule has 0 aromatic heterocycles. The minimum atomic E-state index is -0.237. The molecule has 0 saturated carbocycles. The average molecular weight is 215 g/mol. The van der Waals surface area contributed by atoms with Crippen molar-refractivity contribution < 1.29 is 9.53 Å². The molecule has 88 valence electrons. The SMILES string of the molecule is CC(C)[C@H](NC[C@H]1CCCO1)C(=O)NN. The van der Waals surface area contributed by atoms with Crippen molar-refractivity contribution in [2.75, 3.05) is 13.2 Å². The molecule has 1 amide bonds. The lowest BCUT2D eigenvalue weighted by Gasteiger charge is -2.22. The van der Waals surface area contributed by atoms with E-state index in [4.69, 9.17) is 10.6 Å². The average Bonchev–Trinajstić information content (AvgIpc) is 2.70. The second kappa shape index (κ2) is 6.05. The Morgan fingerprint density at radius 2 is 2.33 bits per heavy atom. The number of hydrazine groups is 1. The summed E-state index contributed by atoms with van der Waals surface area (Å²) in [4.78, 5) is 11.4. The molecule has 1 rings (SSSR count). The highest BCUT2D eigenvalue weighted by Gasteiger charge is 2.23. The van der Waals surface area contributed by atoms with Crippen LogP contribution in [0, 0.1) is 5.92 Å². The van der Waals surface area contributed by atoms with Crippen LogP contribution in [0.2, 0.25) is 0 Å². The predicted molar refractivity (Wildman–Crippen MR) is 57.9 cm³/mol. The molecule has 15 heavy (non-hydrogen) atoms. The van der Waals surface area contributed by atoms with Crippen molar-refractivity contribution in [1.82, 2.24) is 10.7 Å². The molecule has 0 unspecified atom stereocenters. The second-order valence-electron chi connectivity index (χ2n) is 4.27. The zero-order chi connectivity index (χ0) is 11.3. The molecule has 0 aromatic carbocycles. The number of rotatable bonds is 5. The van der Waals surface area contributed by atoms with E-state index in [0.29, 0.717) is 0 Å². The van der Waals surface area contributed by atoms with Gasteiger partial charge in [-0.25, -0.2) is 5.84 Å². The Morgan fingerprint density at radius 1 is 1.60 bits per heavy atom. The van der Waals surface area contributed by atoms with Crippen LogP contribution in [0.5, 0.6) is 0 Å². The van der Waals surface area contributed by atoms with Crippen LogP contribution in [-0.4, -0.2) is 31.2 Å². The van der Waals surface area contributed by atoms with Crippen molar-refractivity contribution in [3.05, 3.63) is 0 Å². The molecule has 1 aliphatic rings. The normalized spacial score (nSPS) is 23.1. The summed E-state index contributed by atoms with van der Waals surface area (Å²) in [7, 11) is 0. The standard InChI is InChI=1S/C10H21N3O2/c1-7(2)9(10(14)13-11)12-6-8-4-3-5-15-8/h7-9,12H,3-6,11H2,1-2H3,(H,13,14)/t8-,9+/m1/s1. The van der Waals surface area contributed by atoms with Crippen LogP contribution >= 0.6 is 0 Å². The Hall–Kier alpha value is -0.650. The first-order valence-corrected chi connectivity index (χ1v) is 5.50. The molecule has 5 heteroatoms. The fourth-order valence-corrected chi connectivity index (χ4v) is 1.78. The van der Waals surface area contributed by atoms with Crippen LogP contribution in [0.3, 0.4) is 0 Å². The van der Waals surface area contributed by atoms with Gasteiger partial charge in [-0.15, -0.1) is 0 Å². The lowest BCUT2D eigenvalue weighted by molar-refractivity contribution is -0.124. The number of amides is 1. The lowest BCUT2D eigenvalue weighted by Crippen LogP contribution is -2.51. The highest BCUT2D eigenvalue weighted by atomic mass is 16.5. The Morgan fingerprint density at radius 3 is 2.80 bits per heavy atom. The van der Waals surface area contributed by atoms with Gasteiger partial charge >= 0.3 is 0 Å². The van der Waals surface area contributed by atoms with Gasteiger partial charge in [0.2, 0.25) is 0 Å². The molecular weight excluding hydrogens is 194 g/mol. The van der Waals surface area contributed by atoms with E-state index in [9.17, 15) is 4.79 Å². The third-order valence-electron chi connectivity index (χ3n) is 2.68. The van der Waals surface area contributed by atoms with E-state index >= 15 is 0 Å². The van der Waals surface area contributed by atoms with Crippen molar-refractivity contribution >= 4 is 5.91 Å². The molecule has 0 bridgehead atoms. The maximum absolute atomic E-state index is 11.4. The summed E-state index contributed by atoms with van der Waals surface area (Å²) < 4.78 is 5.47. The predicted octanol–water partition coefficient (Wildman–Crippen LogP) is -0.230. The fourth-order valence-electron chi connectivity index (χ4n) is 1.78. The lowest BCUT2D eigenvalue weighted by atomic mass is 10.0. The first-order chi connectivity index (χ1) is 7.15. The second-order valence-corrected chi connectivity index (χ2v) is 4.27. The van der Waals surface area contributed by atoms with Crippen molar-refractivity contribution in [2.45, 2.75) is 38.8 Å². The number of nitrogens with two attached hydrogens (primary N) is 1. The van der Waals surface area contributed by atoms with Gasteiger partial charge in [0.05, 0.1) is 12.1 Å². The van der Waals surface area contributed by atoms with Crippen LogP contribution in [0.25, 0.3) is 0 Å². The molecule has 0 spiro atoms. The van der Waals surface area contributed by atoms with Crippen molar-refractivity contribution in [2.24, 2.45) is 11.8 Å². The van der Waals surface area contributed by atoms with E-state index in [-0.39, 0.29) is 24.0 Å². The quantitative estimate of drug-likeness (QED) is 0.336. The van der Waals surface area contributed by atoms with E-state index in [1.165, 1.54) is 0 Å². The van der Waals surface area contributed by atoms with Crippen molar-refractivity contribution in [3.8, 4) is 0 Å². The van der Waals surface area contributed by atoms with E-state index in [0.717, 1.165) is 26.0 Å². The summed E-state index contributed by atoms with van der Waals surface area (Å²) >= 11 is 0. The summed E-state index contributed by atoms with van der Waals surface area (Å²) in [5.74, 6) is 5.18. The van der Waals surface area contributed by atoms with E-state index in [1.807, 2.05) is 13.8 Å². The third-order valence-corrected chi connectivity index (χ3v) is 2.68. The van der Waals surface area contributed by atoms with Crippen LogP contribution in [0.4, 0.5) is 0 Å². The van der Waals surface area contributed by atoms with Gasteiger partial charge in [0.1, 0.15) is 0 Å². The highest BCUT2D eigenvalue weighted by Crippen LogP contribution is 2.11. The topological polar surface area (TPSA) is 76.4 Å². The van der Waals surface area contributed by atoms with Crippen molar-refractivity contribution in [1.29, 1.82) is 0 Å². The van der Waals surface area contributed by atoms with Gasteiger partial charge in [-0.2, -0.15) is 0 Å². The maximum Gasteiger partial charge on any atom is 0.251 e. The fraction of sp³-hybridized carbons (Fsp3) is 0.900. The van der Waals surface area contributed by atoms with Gasteiger partial charge in [0.15, 0.2) is 0 Å². The highest BCUT2D eigenvalue weighted by molar-refractivity contribution is 5.81. The minimum absolute atomic E-state index is 0.164. The summed E-state index contributed by atoms with van der Waals surface area (Å²) in [6.45, 7) is 5.53. The Balaban J connectivity index is 2.33. The molecule has 5 nitrogen and oxygen atoms in total. The van der Waals surface area contributed by atoms with Crippen LogP contribution < -0.4 is 16.6 Å². The summed E-state index contributed by atoms with van der Waals surface area (Å²) in [6, 6.07) is -0.237. The zero-order valence-corrected chi connectivity index (χ0v) is 9.45. The van der Waals surface area contributed by atoms with E-state index < -0.39 is 0 Å². The number of carbonyl (C=O) groups is 1. The van der Waals surface area contributed by atoms with Crippen LogP contribution in [0.1, 0.15) is 26.7 Å². The Bertz CT molecular complexity index is 203. The maximum atomic E-state index is 11.4. The van der Waals surface area contributed by atoms with Gasteiger partial charge in [-0.05, 0) is 18.8 Å². The van der Waals surface area contributed by atoms with Crippen LogP contribution in [-0.2, 0) is 9.53 Å². The Labute approximate surface area is 90.7 Å². The summed E-state index contributed by atoms with van der Waals surface area (Å²) in [6.07, 6.45) is 2.43. The minimum Gasteiger partial charge on any atom is -0.377 e. The van der Waals surface area contributed by atoms with Gasteiger partial charge in [0.25, 0.3) is 5.91 Å². The molecule has 2 atom stereocenters. The number of hydrogen-bond donors (Lipinski definition) is 3. The molecular formula is C10H21N3O2. The first kappa shape index (κ1) is 12.4. The van der Waals surface area contributed by atoms with E-state index in [2.05, 4.69) is 10.7 Å². The van der Waals surface area contributed by atoms with E-state index in [1.54, 1.807) is 0 Å². The Kier molecular flexibility index (Phi) is 5.01. The molecule has 1 aliphatic heterocycles. The molecule has 1 fully saturated rings. The van der Waals surface area contributed by atoms with Crippen molar-refractivity contribution in [3.63, 3.8) is 0 Å². The number of carbonyl (C=O) groups excluding carboxylic acids is 1. The molecule has 0 radical (unpaired) electrons. The van der Waals surface area contributed by atoms with Gasteiger partial charge in [-0.1, -0.05) is 13.8 Å². The summed E-state index contributed by atoms with van der Waals surface area (Å²) in [5.41, 5.74) is 2.18. The number of ether oxygens (including phenoxy) is 1. The molecule has 1 heterocycles. The van der Waals surface area contributed by atoms with Gasteiger partial charge in [0, 0.05) is 13.2 Å². The molecule has 0 aromatic rings. The molecule has 1 saturated heterocycles. The smallest absolute Gasteiger partial charge is 0.251 e. The zero-order valence-electron chi connectivity index (χ0n) is 9.45. The molecule has 0 aliphatic carbocycles. The third kappa shape index (κ3) is 3.77. The molecule has 4 N–H and O–H groups in total. The number of hydrogen-bond acceptors (Lipinski definition) is 4.